The number of hydrogen-bond donors (Lipinski definition) is 1. The Labute approximate surface area is 130 Å². The van der Waals surface area contributed by atoms with Gasteiger partial charge in [-0.3, -0.25) is 9.78 Å². The van der Waals surface area contributed by atoms with E-state index in [1.54, 1.807) is 31.6 Å². The van der Waals surface area contributed by atoms with Crippen LogP contribution in [0.15, 0.2) is 42.7 Å². The molecular weight excluding hydrogens is 280 g/mol. The number of carbonyl (C=O) groups is 1. The highest BCUT2D eigenvalue weighted by atomic mass is 16.5. The van der Waals surface area contributed by atoms with E-state index < -0.39 is 0 Å². The van der Waals surface area contributed by atoms with Gasteiger partial charge in [0.15, 0.2) is 11.5 Å². The molecule has 1 N–H and O–H groups in total. The largest absolute Gasteiger partial charge is 0.493 e. The SMILES string of the molecule is CCCOc1ccc(CNC(=O)c2ccncc2)cc1OC. The molecular formula is C17H20N2O3. The summed E-state index contributed by atoms with van der Waals surface area (Å²) in [6.07, 6.45) is 4.13. The summed E-state index contributed by atoms with van der Waals surface area (Å²) in [6, 6.07) is 9.01. The number of aromatic nitrogens is 1. The van der Waals surface area contributed by atoms with E-state index in [0.717, 1.165) is 12.0 Å². The average Bonchev–Trinajstić information content (AvgIpc) is 2.58. The van der Waals surface area contributed by atoms with Gasteiger partial charge in [-0.2, -0.15) is 0 Å². The molecule has 0 aliphatic heterocycles. The molecule has 1 amide bonds. The van der Waals surface area contributed by atoms with E-state index in [4.69, 9.17) is 9.47 Å². The second-order valence-corrected chi connectivity index (χ2v) is 4.75. The molecule has 0 saturated heterocycles. The Balaban J connectivity index is 1.99. The first-order chi connectivity index (χ1) is 10.7. The van der Waals surface area contributed by atoms with Gasteiger partial charge in [0.2, 0.25) is 0 Å². The van der Waals surface area contributed by atoms with Crippen LogP contribution in [0.5, 0.6) is 11.5 Å². The summed E-state index contributed by atoms with van der Waals surface area (Å²) in [4.78, 5) is 15.9. The van der Waals surface area contributed by atoms with Crippen LogP contribution in [0.3, 0.4) is 0 Å². The van der Waals surface area contributed by atoms with E-state index in [1.807, 2.05) is 18.2 Å². The standard InChI is InChI=1S/C17H20N2O3/c1-3-10-22-15-5-4-13(11-16(15)21-2)12-19-17(20)14-6-8-18-9-7-14/h4-9,11H,3,10,12H2,1-2H3,(H,19,20). The molecule has 5 heteroatoms. The van der Waals surface area contributed by atoms with Crippen molar-refractivity contribution in [3.63, 3.8) is 0 Å². The first-order valence-corrected chi connectivity index (χ1v) is 7.22. The number of rotatable bonds is 7. The van der Waals surface area contributed by atoms with Crippen LogP contribution in [0.2, 0.25) is 0 Å². The minimum atomic E-state index is -0.132. The highest BCUT2D eigenvalue weighted by Crippen LogP contribution is 2.28. The smallest absolute Gasteiger partial charge is 0.251 e. The van der Waals surface area contributed by atoms with E-state index in [0.29, 0.717) is 30.2 Å². The van der Waals surface area contributed by atoms with Gasteiger partial charge >= 0.3 is 0 Å². The summed E-state index contributed by atoms with van der Waals surface area (Å²) in [7, 11) is 1.60. The minimum absolute atomic E-state index is 0.132. The van der Waals surface area contributed by atoms with Crippen LogP contribution < -0.4 is 14.8 Å². The van der Waals surface area contributed by atoms with Crippen molar-refractivity contribution >= 4 is 5.91 Å². The lowest BCUT2D eigenvalue weighted by molar-refractivity contribution is 0.0950. The van der Waals surface area contributed by atoms with Crippen LogP contribution in [-0.2, 0) is 6.54 Å². The second-order valence-electron chi connectivity index (χ2n) is 4.75. The van der Waals surface area contributed by atoms with Crippen molar-refractivity contribution in [1.82, 2.24) is 10.3 Å². The quantitative estimate of drug-likeness (QED) is 0.854. The summed E-state index contributed by atoms with van der Waals surface area (Å²) in [5, 5.41) is 2.87. The van der Waals surface area contributed by atoms with Crippen molar-refractivity contribution in [2.45, 2.75) is 19.9 Å². The number of nitrogens with one attached hydrogen (secondary N) is 1. The lowest BCUT2D eigenvalue weighted by Crippen LogP contribution is -2.22. The zero-order chi connectivity index (χ0) is 15.8. The Morgan fingerprint density at radius 3 is 2.64 bits per heavy atom. The number of ether oxygens (including phenoxy) is 2. The molecule has 0 atom stereocenters. The van der Waals surface area contributed by atoms with E-state index in [2.05, 4.69) is 17.2 Å². The van der Waals surface area contributed by atoms with Crippen LogP contribution >= 0.6 is 0 Å². The average molecular weight is 300 g/mol. The number of hydrogen-bond acceptors (Lipinski definition) is 4. The van der Waals surface area contributed by atoms with Gasteiger partial charge in [0.05, 0.1) is 13.7 Å². The van der Waals surface area contributed by atoms with Crippen molar-refractivity contribution in [3.05, 3.63) is 53.9 Å². The fourth-order valence-corrected chi connectivity index (χ4v) is 1.94. The van der Waals surface area contributed by atoms with Crippen LogP contribution in [0.25, 0.3) is 0 Å². The molecule has 116 valence electrons. The molecule has 0 radical (unpaired) electrons. The molecule has 1 aromatic heterocycles. The first kappa shape index (κ1) is 15.8. The maximum absolute atomic E-state index is 12.0. The molecule has 2 rings (SSSR count). The molecule has 0 bridgehead atoms. The number of nitrogens with zero attached hydrogens (tertiary/aromatic N) is 1. The number of methoxy groups -OCH3 is 1. The fourth-order valence-electron chi connectivity index (χ4n) is 1.94. The molecule has 0 unspecified atom stereocenters. The highest BCUT2D eigenvalue weighted by Gasteiger charge is 2.08. The van der Waals surface area contributed by atoms with Crippen molar-refractivity contribution in [3.8, 4) is 11.5 Å². The number of pyridine rings is 1. The molecule has 1 aromatic carbocycles. The molecule has 0 aliphatic rings. The van der Waals surface area contributed by atoms with Gasteiger partial charge in [-0.15, -0.1) is 0 Å². The Bertz CT molecular complexity index is 615. The normalized spacial score (nSPS) is 10.1. The zero-order valence-corrected chi connectivity index (χ0v) is 12.8. The van der Waals surface area contributed by atoms with Gasteiger partial charge in [-0.1, -0.05) is 13.0 Å². The van der Waals surface area contributed by atoms with Gasteiger partial charge in [-0.25, -0.2) is 0 Å². The van der Waals surface area contributed by atoms with Gasteiger partial charge in [0, 0.05) is 24.5 Å². The van der Waals surface area contributed by atoms with E-state index in [9.17, 15) is 4.79 Å². The number of benzene rings is 1. The zero-order valence-electron chi connectivity index (χ0n) is 12.8. The molecule has 5 nitrogen and oxygen atoms in total. The third kappa shape index (κ3) is 4.22. The number of amides is 1. The fraction of sp³-hybridized carbons (Fsp3) is 0.294. The summed E-state index contributed by atoms with van der Waals surface area (Å²) in [6.45, 7) is 3.12. The van der Waals surface area contributed by atoms with Crippen molar-refractivity contribution in [1.29, 1.82) is 0 Å². The van der Waals surface area contributed by atoms with E-state index >= 15 is 0 Å². The molecule has 1 heterocycles. The van der Waals surface area contributed by atoms with E-state index in [1.165, 1.54) is 0 Å². The minimum Gasteiger partial charge on any atom is -0.493 e. The summed E-state index contributed by atoms with van der Waals surface area (Å²) >= 11 is 0. The Morgan fingerprint density at radius 1 is 1.18 bits per heavy atom. The van der Waals surface area contributed by atoms with Crippen LogP contribution in [0, 0.1) is 0 Å². The Hall–Kier alpha value is -2.56. The maximum atomic E-state index is 12.0. The molecule has 0 fully saturated rings. The molecule has 0 spiro atoms. The molecule has 0 aliphatic carbocycles. The van der Waals surface area contributed by atoms with Gasteiger partial charge in [-0.05, 0) is 36.2 Å². The van der Waals surface area contributed by atoms with Crippen LogP contribution in [0.1, 0.15) is 29.3 Å². The van der Waals surface area contributed by atoms with E-state index in [-0.39, 0.29) is 5.91 Å². The summed E-state index contributed by atoms with van der Waals surface area (Å²) in [5.41, 5.74) is 1.54. The van der Waals surface area contributed by atoms with Crippen LogP contribution in [-0.4, -0.2) is 24.6 Å². The first-order valence-electron chi connectivity index (χ1n) is 7.22. The monoisotopic (exact) mass is 300 g/mol. The summed E-state index contributed by atoms with van der Waals surface area (Å²) in [5.74, 6) is 1.25. The van der Waals surface area contributed by atoms with Gasteiger partial charge in [0.1, 0.15) is 0 Å². The Morgan fingerprint density at radius 2 is 1.95 bits per heavy atom. The third-order valence-electron chi connectivity index (χ3n) is 3.09. The summed E-state index contributed by atoms with van der Waals surface area (Å²) < 4.78 is 10.9. The molecule has 0 saturated carbocycles. The predicted molar refractivity (Wildman–Crippen MR) is 84.2 cm³/mol. The molecule has 22 heavy (non-hydrogen) atoms. The lowest BCUT2D eigenvalue weighted by Gasteiger charge is -2.12. The second kappa shape index (κ2) is 8.02. The van der Waals surface area contributed by atoms with Gasteiger partial charge in [0.25, 0.3) is 5.91 Å². The predicted octanol–water partition coefficient (Wildman–Crippen LogP) is 2.81. The molecule has 2 aromatic rings. The van der Waals surface area contributed by atoms with Crippen LogP contribution in [0.4, 0.5) is 0 Å². The third-order valence-corrected chi connectivity index (χ3v) is 3.09. The lowest BCUT2D eigenvalue weighted by atomic mass is 10.2. The van der Waals surface area contributed by atoms with Crippen molar-refractivity contribution in [2.24, 2.45) is 0 Å². The maximum Gasteiger partial charge on any atom is 0.251 e. The highest BCUT2D eigenvalue weighted by molar-refractivity contribution is 5.93. The van der Waals surface area contributed by atoms with Crippen molar-refractivity contribution < 1.29 is 14.3 Å². The van der Waals surface area contributed by atoms with Gasteiger partial charge < -0.3 is 14.8 Å². The van der Waals surface area contributed by atoms with Crippen molar-refractivity contribution in [2.75, 3.05) is 13.7 Å². The Kier molecular flexibility index (Phi) is 5.77. The topological polar surface area (TPSA) is 60.5 Å². The number of carbonyl (C=O) groups excluding carboxylic acids is 1.